The summed E-state index contributed by atoms with van der Waals surface area (Å²) in [7, 11) is 0. The fourth-order valence-electron chi connectivity index (χ4n) is 2.81. The average Bonchev–Trinajstić information content (AvgIpc) is 3.20. The Morgan fingerprint density at radius 2 is 1.93 bits per heavy atom. The van der Waals surface area contributed by atoms with Crippen LogP contribution in [0.5, 0.6) is 0 Å². The Morgan fingerprint density at radius 1 is 1.21 bits per heavy atom. The van der Waals surface area contributed by atoms with Gasteiger partial charge in [-0.15, -0.1) is 0 Å². The highest BCUT2D eigenvalue weighted by molar-refractivity contribution is 8.26. The Hall–Kier alpha value is -2.91. The molecule has 1 aliphatic rings. The van der Waals surface area contributed by atoms with E-state index < -0.39 is 30.3 Å². The number of benzene rings is 1. The van der Waals surface area contributed by atoms with E-state index in [2.05, 4.69) is 0 Å². The van der Waals surface area contributed by atoms with Gasteiger partial charge in [-0.25, -0.2) is 4.79 Å². The molecule has 0 radical (unpaired) electrons. The van der Waals surface area contributed by atoms with Crippen LogP contribution in [0.3, 0.4) is 0 Å². The van der Waals surface area contributed by atoms with Gasteiger partial charge in [-0.1, -0.05) is 36.1 Å². The third-order valence-corrected chi connectivity index (χ3v) is 5.81. The number of carbonyl (C=O) groups excluding carboxylic acids is 1. The molecule has 2 heterocycles. The van der Waals surface area contributed by atoms with Crippen molar-refractivity contribution in [1.29, 1.82) is 0 Å². The minimum Gasteiger partial charge on any atom is -0.481 e. The van der Waals surface area contributed by atoms with Crippen LogP contribution < -0.4 is 0 Å². The molecule has 1 aromatic carbocycles. The van der Waals surface area contributed by atoms with Gasteiger partial charge in [0, 0.05) is 11.6 Å². The Bertz CT molecular complexity index is 1050. The number of thiocarbonyl (C=S) groups is 1. The SMILES string of the molecule is Cc1ccc(-c2ccc(/C=C3\SC(=S)N([C@H](CC(=O)O)C(=O)O)C3=O)o2)cc1C. The Balaban J connectivity index is 1.86. The van der Waals surface area contributed by atoms with Crippen molar-refractivity contribution in [1.82, 2.24) is 4.90 Å². The molecule has 7 nitrogen and oxygen atoms in total. The molecular formula is C20H17NO6S2. The van der Waals surface area contributed by atoms with Crippen molar-refractivity contribution in [3.8, 4) is 11.3 Å². The molecule has 0 saturated carbocycles. The number of thioether (sulfide) groups is 1. The number of hydrogen-bond donors (Lipinski definition) is 2. The van der Waals surface area contributed by atoms with Crippen molar-refractivity contribution in [3.63, 3.8) is 0 Å². The molecule has 9 heteroatoms. The van der Waals surface area contributed by atoms with E-state index in [1.54, 1.807) is 12.1 Å². The monoisotopic (exact) mass is 431 g/mol. The van der Waals surface area contributed by atoms with Gasteiger partial charge in [0.15, 0.2) is 0 Å². The highest BCUT2D eigenvalue weighted by atomic mass is 32.2. The molecule has 0 aliphatic carbocycles. The van der Waals surface area contributed by atoms with Crippen LogP contribution >= 0.6 is 24.0 Å². The molecule has 0 spiro atoms. The number of carboxylic acids is 2. The Kier molecular flexibility index (Phi) is 5.90. The van der Waals surface area contributed by atoms with Gasteiger partial charge < -0.3 is 14.6 Å². The first-order chi connectivity index (χ1) is 13.7. The number of nitrogens with zero attached hydrogens (tertiary/aromatic N) is 1. The van der Waals surface area contributed by atoms with Gasteiger partial charge in [0.25, 0.3) is 5.91 Å². The highest BCUT2D eigenvalue weighted by Gasteiger charge is 2.41. The maximum atomic E-state index is 12.7. The van der Waals surface area contributed by atoms with Gasteiger partial charge >= 0.3 is 11.9 Å². The molecular weight excluding hydrogens is 414 g/mol. The lowest BCUT2D eigenvalue weighted by Crippen LogP contribution is -2.45. The number of rotatable bonds is 6. The minimum absolute atomic E-state index is 0.00385. The standard InChI is InChI=1S/C20H17NO6S2/c1-10-3-4-12(7-11(10)2)15-6-5-13(27-15)8-16-18(24)21(20(28)29-16)14(19(25)26)9-17(22)23/h3-8,14H,9H2,1-2H3,(H,22,23)(H,25,26)/b16-8-/t14-/m1/s1. The minimum atomic E-state index is -1.56. The third kappa shape index (κ3) is 4.41. The predicted molar refractivity (Wildman–Crippen MR) is 112 cm³/mol. The van der Waals surface area contributed by atoms with Gasteiger partial charge in [0.2, 0.25) is 0 Å². The molecule has 1 atom stereocenters. The predicted octanol–water partition coefficient (Wildman–Crippen LogP) is 3.69. The lowest BCUT2D eigenvalue weighted by molar-refractivity contribution is -0.150. The molecule has 1 amide bonds. The van der Waals surface area contributed by atoms with E-state index in [1.807, 2.05) is 32.0 Å². The van der Waals surface area contributed by atoms with Crippen LogP contribution in [-0.4, -0.2) is 43.3 Å². The van der Waals surface area contributed by atoms with E-state index >= 15 is 0 Å². The summed E-state index contributed by atoms with van der Waals surface area (Å²) >= 11 is 6.02. The summed E-state index contributed by atoms with van der Waals surface area (Å²) in [5, 5.41) is 18.2. The average molecular weight is 431 g/mol. The zero-order valence-corrected chi connectivity index (χ0v) is 17.2. The van der Waals surface area contributed by atoms with Gasteiger partial charge in [-0.2, -0.15) is 0 Å². The Morgan fingerprint density at radius 3 is 2.55 bits per heavy atom. The number of hydrogen-bond acceptors (Lipinski definition) is 6. The molecule has 2 N–H and O–H groups in total. The van der Waals surface area contributed by atoms with E-state index in [9.17, 15) is 19.5 Å². The van der Waals surface area contributed by atoms with Crippen molar-refractivity contribution < 1.29 is 29.0 Å². The summed E-state index contributed by atoms with van der Waals surface area (Å²) in [6.07, 6.45) is 0.732. The molecule has 2 aromatic rings. The first kappa shape index (κ1) is 20.8. The zero-order valence-electron chi connectivity index (χ0n) is 15.5. The first-order valence-electron chi connectivity index (χ1n) is 8.56. The summed E-state index contributed by atoms with van der Waals surface area (Å²) in [5.41, 5.74) is 3.19. The second kappa shape index (κ2) is 8.22. The summed E-state index contributed by atoms with van der Waals surface area (Å²) < 4.78 is 5.80. The first-order valence-corrected chi connectivity index (χ1v) is 9.79. The topological polar surface area (TPSA) is 108 Å². The molecule has 0 bridgehead atoms. The van der Waals surface area contributed by atoms with E-state index in [1.165, 1.54) is 11.6 Å². The zero-order chi connectivity index (χ0) is 21.3. The van der Waals surface area contributed by atoms with Crippen LogP contribution in [-0.2, 0) is 14.4 Å². The van der Waals surface area contributed by atoms with E-state index in [-0.39, 0.29) is 9.23 Å². The summed E-state index contributed by atoms with van der Waals surface area (Å²) in [5.74, 6) is -2.38. The van der Waals surface area contributed by atoms with E-state index in [0.717, 1.165) is 27.8 Å². The molecule has 1 aromatic heterocycles. The van der Waals surface area contributed by atoms with Crippen LogP contribution in [0.25, 0.3) is 17.4 Å². The largest absolute Gasteiger partial charge is 0.481 e. The fourth-order valence-corrected chi connectivity index (χ4v) is 4.15. The normalized spacial score (nSPS) is 16.5. The van der Waals surface area contributed by atoms with Crippen molar-refractivity contribution in [3.05, 3.63) is 52.1 Å². The molecule has 1 fully saturated rings. The van der Waals surface area contributed by atoms with Crippen LogP contribution in [0.2, 0.25) is 0 Å². The molecule has 3 rings (SSSR count). The van der Waals surface area contributed by atoms with E-state index in [0.29, 0.717) is 11.5 Å². The van der Waals surface area contributed by atoms with Crippen LogP contribution in [0, 0.1) is 13.8 Å². The Labute approximate surface area is 176 Å². The van der Waals surface area contributed by atoms with Crippen LogP contribution in [0.15, 0.2) is 39.7 Å². The van der Waals surface area contributed by atoms with Gasteiger partial charge in [0.05, 0.1) is 11.3 Å². The van der Waals surface area contributed by atoms with Gasteiger partial charge in [0.1, 0.15) is 21.9 Å². The smallest absolute Gasteiger partial charge is 0.327 e. The van der Waals surface area contributed by atoms with Gasteiger partial charge in [-0.05, 0) is 43.2 Å². The fraction of sp³-hybridized carbons (Fsp3) is 0.200. The number of amides is 1. The van der Waals surface area contributed by atoms with Crippen molar-refractivity contribution in [2.75, 3.05) is 0 Å². The number of aliphatic carboxylic acids is 2. The van der Waals surface area contributed by atoms with Gasteiger partial charge in [-0.3, -0.25) is 14.5 Å². The van der Waals surface area contributed by atoms with Crippen molar-refractivity contribution in [2.45, 2.75) is 26.3 Å². The number of furan rings is 1. The molecule has 1 aliphatic heterocycles. The maximum Gasteiger partial charge on any atom is 0.327 e. The lowest BCUT2D eigenvalue weighted by atomic mass is 10.1. The van der Waals surface area contributed by atoms with E-state index in [4.69, 9.17) is 21.7 Å². The highest BCUT2D eigenvalue weighted by Crippen LogP contribution is 2.35. The summed E-state index contributed by atoms with van der Waals surface area (Å²) in [6, 6.07) is 7.85. The third-order valence-electron chi connectivity index (χ3n) is 4.48. The van der Waals surface area contributed by atoms with Crippen LogP contribution in [0.4, 0.5) is 0 Å². The summed E-state index contributed by atoms with van der Waals surface area (Å²) in [6.45, 7) is 4.02. The van der Waals surface area contributed by atoms with Crippen molar-refractivity contribution in [2.24, 2.45) is 0 Å². The molecule has 150 valence electrons. The number of carboxylic acid groups (broad SMARTS) is 2. The second-order valence-corrected chi connectivity index (χ2v) is 8.18. The molecule has 29 heavy (non-hydrogen) atoms. The maximum absolute atomic E-state index is 12.7. The number of carbonyl (C=O) groups is 3. The molecule has 1 saturated heterocycles. The second-order valence-electron chi connectivity index (χ2n) is 6.50. The quantitative estimate of drug-likeness (QED) is 0.527. The van der Waals surface area contributed by atoms with Crippen molar-refractivity contribution >= 4 is 52.2 Å². The summed E-state index contributed by atoms with van der Waals surface area (Å²) in [4.78, 5) is 36.0. The molecule has 0 unspecified atom stereocenters. The lowest BCUT2D eigenvalue weighted by Gasteiger charge is -2.21. The van der Waals surface area contributed by atoms with Crippen LogP contribution in [0.1, 0.15) is 23.3 Å². The number of aryl methyl sites for hydroxylation is 2.